The second kappa shape index (κ2) is 10.1. The molecule has 3 aromatic carbocycles. The Labute approximate surface area is 186 Å². The molecule has 0 aliphatic heterocycles. The summed E-state index contributed by atoms with van der Waals surface area (Å²) in [4.78, 5) is 25.5. The van der Waals surface area contributed by atoms with Crippen LogP contribution in [0.3, 0.4) is 0 Å². The van der Waals surface area contributed by atoms with Gasteiger partial charge in [-0.05, 0) is 54.1 Å². The first-order valence-electron chi connectivity index (χ1n) is 10.3. The van der Waals surface area contributed by atoms with Gasteiger partial charge in [0.25, 0.3) is 5.91 Å². The quantitative estimate of drug-likeness (QED) is 0.371. The van der Waals surface area contributed by atoms with Crippen LogP contribution in [-0.2, 0) is 11.2 Å². The van der Waals surface area contributed by atoms with Gasteiger partial charge in [-0.2, -0.15) is 0 Å². The van der Waals surface area contributed by atoms with Gasteiger partial charge in [0.2, 0.25) is 5.91 Å². The van der Waals surface area contributed by atoms with Gasteiger partial charge in [-0.15, -0.1) is 0 Å². The molecule has 0 saturated carbocycles. The maximum atomic E-state index is 13.0. The van der Waals surface area contributed by atoms with Crippen LogP contribution < -0.4 is 16.0 Å². The molecular weight excluding hydrogens is 402 g/mol. The number of rotatable bonds is 8. The van der Waals surface area contributed by atoms with Crippen molar-refractivity contribution in [2.45, 2.75) is 12.5 Å². The van der Waals surface area contributed by atoms with Crippen molar-refractivity contribution in [3.8, 4) is 0 Å². The van der Waals surface area contributed by atoms with Crippen LogP contribution in [0.1, 0.15) is 16.1 Å². The largest absolute Gasteiger partial charge is 0.459 e. The summed E-state index contributed by atoms with van der Waals surface area (Å²) in [5.41, 5.74) is 3.46. The van der Waals surface area contributed by atoms with Crippen LogP contribution in [0.2, 0.25) is 0 Å². The van der Waals surface area contributed by atoms with Crippen molar-refractivity contribution in [2.75, 3.05) is 10.6 Å². The topological polar surface area (TPSA) is 83.4 Å². The number of nitrogens with one attached hydrogen (secondary N) is 3. The Morgan fingerprint density at radius 2 is 1.34 bits per heavy atom. The number of amides is 2. The molecule has 3 N–H and O–H groups in total. The van der Waals surface area contributed by atoms with Crippen LogP contribution in [0.25, 0.3) is 0 Å². The Bertz CT molecular complexity index is 1140. The van der Waals surface area contributed by atoms with Gasteiger partial charge in [0.05, 0.1) is 6.26 Å². The summed E-state index contributed by atoms with van der Waals surface area (Å²) in [7, 11) is 0. The Morgan fingerprint density at radius 3 is 2.00 bits per heavy atom. The minimum absolute atomic E-state index is 0.159. The lowest BCUT2D eigenvalue weighted by Crippen LogP contribution is -2.45. The molecule has 1 heterocycles. The molecule has 6 heteroatoms. The summed E-state index contributed by atoms with van der Waals surface area (Å²) in [6.07, 6.45) is 1.78. The molecule has 0 aliphatic carbocycles. The zero-order valence-electron chi connectivity index (χ0n) is 17.3. The first-order valence-corrected chi connectivity index (χ1v) is 10.3. The monoisotopic (exact) mass is 425 g/mol. The summed E-state index contributed by atoms with van der Waals surface area (Å²) in [5, 5.41) is 8.97. The van der Waals surface area contributed by atoms with E-state index in [1.54, 1.807) is 12.1 Å². The third-order valence-electron chi connectivity index (χ3n) is 4.86. The van der Waals surface area contributed by atoms with Crippen LogP contribution in [0, 0.1) is 0 Å². The molecule has 0 saturated heterocycles. The van der Waals surface area contributed by atoms with E-state index in [1.807, 2.05) is 84.9 Å². The van der Waals surface area contributed by atoms with E-state index < -0.39 is 11.9 Å². The van der Waals surface area contributed by atoms with Gasteiger partial charge in [0, 0.05) is 23.5 Å². The summed E-state index contributed by atoms with van der Waals surface area (Å²) >= 11 is 0. The lowest BCUT2D eigenvalue weighted by atomic mass is 10.0. The molecule has 160 valence electrons. The molecule has 0 radical (unpaired) electrons. The third-order valence-corrected chi connectivity index (χ3v) is 4.86. The zero-order valence-corrected chi connectivity index (χ0v) is 17.3. The SMILES string of the molecule is O=C(NC(Cc1ccccc1)C(=O)Nc1ccc(Nc2ccccc2)cc1)c1ccco1. The Kier molecular flexibility index (Phi) is 6.63. The summed E-state index contributed by atoms with van der Waals surface area (Å²) in [6, 6.07) is 29.2. The van der Waals surface area contributed by atoms with E-state index in [-0.39, 0.29) is 11.7 Å². The predicted octanol–water partition coefficient (Wildman–Crippen LogP) is 5.00. The lowest BCUT2D eigenvalue weighted by Gasteiger charge is -2.18. The van der Waals surface area contributed by atoms with E-state index in [0.29, 0.717) is 12.1 Å². The molecule has 1 aromatic heterocycles. The van der Waals surface area contributed by atoms with Crippen LogP contribution in [0.4, 0.5) is 17.1 Å². The lowest BCUT2D eigenvalue weighted by molar-refractivity contribution is -0.118. The number of hydrogen-bond donors (Lipinski definition) is 3. The number of furan rings is 1. The van der Waals surface area contributed by atoms with Gasteiger partial charge in [-0.3, -0.25) is 9.59 Å². The molecule has 2 amide bonds. The average molecular weight is 425 g/mol. The smallest absolute Gasteiger partial charge is 0.287 e. The van der Waals surface area contributed by atoms with Gasteiger partial charge in [-0.25, -0.2) is 0 Å². The number of carbonyl (C=O) groups excluding carboxylic acids is 2. The molecule has 0 spiro atoms. The van der Waals surface area contributed by atoms with Crippen molar-refractivity contribution in [1.29, 1.82) is 0 Å². The molecule has 1 atom stereocenters. The first kappa shape index (κ1) is 20.9. The predicted molar refractivity (Wildman–Crippen MR) is 125 cm³/mol. The van der Waals surface area contributed by atoms with Crippen LogP contribution in [0.15, 0.2) is 108 Å². The minimum Gasteiger partial charge on any atom is -0.459 e. The number of anilines is 3. The standard InChI is InChI=1S/C26H23N3O3/c30-25(28-22-15-13-21(14-16-22)27-20-10-5-2-6-11-20)23(18-19-8-3-1-4-9-19)29-26(31)24-12-7-17-32-24/h1-17,23,27H,18H2,(H,28,30)(H,29,31). The molecule has 4 aromatic rings. The Morgan fingerprint density at radius 1 is 0.719 bits per heavy atom. The molecule has 1 unspecified atom stereocenters. The fraction of sp³-hybridized carbons (Fsp3) is 0.0769. The minimum atomic E-state index is -0.767. The van der Waals surface area contributed by atoms with E-state index in [4.69, 9.17) is 4.42 Å². The van der Waals surface area contributed by atoms with Crippen molar-refractivity contribution in [3.05, 3.63) is 115 Å². The normalized spacial score (nSPS) is 11.4. The van der Waals surface area contributed by atoms with Crippen LogP contribution >= 0.6 is 0 Å². The maximum Gasteiger partial charge on any atom is 0.287 e. The molecular formula is C26H23N3O3. The van der Waals surface area contributed by atoms with Crippen LogP contribution in [-0.4, -0.2) is 17.9 Å². The molecule has 32 heavy (non-hydrogen) atoms. The molecule has 4 rings (SSSR count). The Balaban J connectivity index is 1.44. The second-order valence-electron chi connectivity index (χ2n) is 7.25. The number of benzene rings is 3. The van der Waals surface area contributed by atoms with Gasteiger partial charge in [0.15, 0.2) is 5.76 Å². The summed E-state index contributed by atoms with van der Waals surface area (Å²) in [5.74, 6) is -0.585. The van der Waals surface area contributed by atoms with Crippen molar-refractivity contribution in [3.63, 3.8) is 0 Å². The fourth-order valence-corrected chi connectivity index (χ4v) is 3.25. The molecule has 0 fully saturated rings. The van der Waals surface area contributed by atoms with Gasteiger partial charge in [0.1, 0.15) is 6.04 Å². The van der Waals surface area contributed by atoms with Gasteiger partial charge >= 0.3 is 0 Å². The zero-order chi connectivity index (χ0) is 22.2. The highest BCUT2D eigenvalue weighted by Gasteiger charge is 2.23. The fourth-order valence-electron chi connectivity index (χ4n) is 3.25. The number of hydrogen-bond acceptors (Lipinski definition) is 4. The second-order valence-corrected chi connectivity index (χ2v) is 7.25. The average Bonchev–Trinajstić information content (AvgIpc) is 3.36. The van der Waals surface area contributed by atoms with Crippen molar-refractivity contribution < 1.29 is 14.0 Å². The Hall–Kier alpha value is -4.32. The van der Waals surface area contributed by atoms with Crippen LogP contribution in [0.5, 0.6) is 0 Å². The van der Waals surface area contributed by atoms with Crippen molar-refractivity contribution in [2.24, 2.45) is 0 Å². The number of carbonyl (C=O) groups is 2. The molecule has 0 bridgehead atoms. The highest BCUT2D eigenvalue weighted by Crippen LogP contribution is 2.19. The summed E-state index contributed by atoms with van der Waals surface area (Å²) in [6.45, 7) is 0. The molecule has 0 aliphatic rings. The van der Waals surface area contributed by atoms with E-state index in [2.05, 4.69) is 16.0 Å². The van der Waals surface area contributed by atoms with E-state index in [9.17, 15) is 9.59 Å². The highest BCUT2D eigenvalue weighted by atomic mass is 16.3. The maximum absolute atomic E-state index is 13.0. The van der Waals surface area contributed by atoms with E-state index in [1.165, 1.54) is 6.26 Å². The van der Waals surface area contributed by atoms with E-state index in [0.717, 1.165) is 16.9 Å². The summed E-state index contributed by atoms with van der Waals surface area (Å²) < 4.78 is 5.16. The van der Waals surface area contributed by atoms with Gasteiger partial charge in [-0.1, -0.05) is 48.5 Å². The molecule has 6 nitrogen and oxygen atoms in total. The van der Waals surface area contributed by atoms with Crippen molar-refractivity contribution >= 4 is 28.9 Å². The number of para-hydroxylation sites is 1. The van der Waals surface area contributed by atoms with Gasteiger partial charge < -0.3 is 20.4 Å². The first-order chi connectivity index (χ1) is 15.7. The van der Waals surface area contributed by atoms with E-state index >= 15 is 0 Å². The highest BCUT2D eigenvalue weighted by molar-refractivity contribution is 6.00. The third kappa shape index (κ3) is 5.64. The van der Waals surface area contributed by atoms with Crippen molar-refractivity contribution in [1.82, 2.24) is 5.32 Å².